The summed E-state index contributed by atoms with van der Waals surface area (Å²) in [5.41, 5.74) is 1.25. The zero-order valence-electron chi connectivity index (χ0n) is 26.1. The highest BCUT2D eigenvalue weighted by atomic mass is 127. The Balaban J connectivity index is 0.000000212. The van der Waals surface area contributed by atoms with Gasteiger partial charge in [0.1, 0.15) is 0 Å². The fourth-order valence-electron chi connectivity index (χ4n) is 4.48. The molecule has 0 unspecified atom stereocenters. The van der Waals surface area contributed by atoms with E-state index in [1.165, 1.54) is 35.4 Å². The lowest BCUT2D eigenvalue weighted by molar-refractivity contribution is 0.0592. The molecule has 6 aromatic rings. The second-order valence-electron chi connectivity index (χ2n) is 9.84. The van der Waals surface area contributed by atoms with Crippen LogP contribution in [0.5, 0.6) is 0 Å². The van der Waals surface area contributed by atoms with E-state index in [1.807, 2.05) is 78.9 Å². The third-order valence-corrected chi connectivity index (χ3v) is 11.4. The van der Waals surface area contributed by atoms with Crippen molar-refractivity contribution in [3.63, 3.8) is 0 Å². The molecule has 0 aliphatic carbocycles. The van der Waals surface area contributed by atoms with Crippen LogP contribution in [0.25, 0.3) is 0 Å². The van der Waals surface area contributed by atoms with Crippen molar-refractivity contribution < 1.29 is 19.1 Å². The molecule has 7 heteroatoms. The van der Waals surface area contributed by atoms with Gasteiger partial charge in [-0.2, -0.15) is 0 Å². The SMILES string of the molecule is C.COC(=O)c1ccccc1I.COC(=O)c1ccccc1P(c1ccccc1)c1ccccc1.c1ccc(Pc2ccccc2)cc1. The minimum atomic E-state index is -0.806. The number of halogens is 1. The van der Waals surface area contributed by atoms with E-state index in [9.17, 15) is 9.59 Å². The molecular weight excluding hydrogens is 745 g/mol. The summed E-state index contributed by atoms with van der Waals surface area (Å²) >= 11 is 2.10. The van der Waals surface area contributed by atoms with Gasteiger partial charge in [0.05, 0.1) is 25.3 Å². The monoisotopic (exact) mass is 784 g/mol. The van der Waals surface area contributed by atoms with Crippen LogP contribution in [0.4, 0.5) is 0 Å². The molecule has 244 valence electrons. The van der Waals surface area contributed by atoms with Crippen LogP contribution in [0.1, 0.15) is 28.1 Å². The Morgan fingerprint density at radius 3 is 1.29 bits per heavy atom. The summed E-state index contributed by atoms with van der Waals surface area (Å²) in [6.45, 7) is 0. The largest absolute Gasteiger partial charge is 0.465 e. The zero-order valence-corrected chi connectivity index (χ0v) is 30.2. The van der Waals surface area contributed by atoms with Crippen molar-refractivity contribution in [1.29, 1.82) is 0 Å². The number of hydrogen-bond acceptors (Lipinski definition) is 4. The van der Waals surface area contributed by atoms with Crippen molar-refractivity contribution in [3.05, 3.63) is 185 Å². The van der Waals surface area contributed by atoms with E-state index in [0.29, 0.717) is 11.1 Å². The molecular formula is C41H39IO4P2. The number of carbonyl (C=O) groups excluding carboxylic acids is 2. The van der Waals surface area contributed by atoms with Gasteiger partial charge in [-0.3, -0.25) is 0 Å². The van der Waals surface area contributed by atoms with Crippen LogP contribution < -0.4 is 26.5 Å². The van der Waals surface area contributed by atoms with E-state index >= 15 is 0 Å². The van der Waals surface area contributed by atoms with Gasteiger partial charge in [-0.25, -0.2) is 9.59 Å². The Labute approximate surface area is 301 Å². The summed E-state index contributed by atoms with van der Waals surface area (Å²) in [6.07, 6.45) is 0. The molecule has 0 aliphatic rings. The second kappa shape index (κ2) is 21.0. The third-order valence-electron chi connectivity index (χ3n) is 6.69. The Kier molecular flexibility index (Phi) is 16.7. The maximum Gasteiger partial charge on any atom is 0.338 e. The van der Waals surface area contributed by atoms with Gasteiger partial charge in [0.25, 0.3) is 0 Å². The van der Waals surface area contributed by atoms with Crippen molar-refractivity contribution in [1.82, 2.24) is 0 Å². The summed E-state index contributed by atoms with van der Waals surface area (Å²) in [6, 6.07) is 56.8. The van der Waals surface area contributed by atoms with E-state index in [4.69, 9.17) is 4.74 Å². The highest BCUT2D eigenvalue weighted by molar-refractivity contribution is 14.1. The fourth-order valence-corrected chi connectivity index (χ4v) is 8.57. The van der Waals surface area contributed by atoms with Crippen molar-refractivity contribution >= 4 is 77.6 Å². The average molecular weight is 785 g/mol. The van der Waals surface area contributed by atoms with Gasteiger partial charge in [-0.15, -0.1) is 0 Å². The molecule has 0 aromatic heterocycles. The lowest BCUT2D eigenvalue weighted by Crippen LogP contribution is -2.25. The Bertz CT molecular complexity index is 1740. The molecule has 0 amide bonds. The number of benzene rings is 6. The fraction of sp³-hybridized carbons (Fsp3) is 0.0732. The molecule has 0 bridgehead atoms. The summed E-state index contributed by atoms with van der Waals surface area (Å²) in [7, 11) is 2.77. The first kappa shape index (κ1) is 38.3. The molecule has 0 aliphatic heterocycles. The first-order valence-electron chi connectivity index (χ1n) is 14.8. The van der Waals surface area contributed by atoms with Gasteiger partial charge in [0.15, 0.2) is 0 Å². The second-order valence-corrected chi connectivity index (χ2v) is 14.6. The van der Waals surface area contributed by atoms with Crippen LogP contribution in [-0.2, 0) is 9.47 Å². The summed E-state index contributed by atoms with van der Waals surface area (Å²) < 4.78 is 10.5. The van der Waals surface area contributed by atoms with E-state index in [-0.39, 0.29) is 19.4 Å². The molecule has 6 aromatic carbocycles. The number of esters is 2. The number of ether oxygens (including phenoxy) is 2. The first-order valence-corrected chi connectivity index (χ1v) is 18.2. The van der Waals surface area contributed by atoms with Gasteiger partial charge in [-0.05, 0) is 75.2 Å². The third kappa shape index (κ3) is 11.5. The van der Waals surface area contributed by atoms with Crippen LogP contribution >= 0.6 is 39.1 Å². The number of hydrogen-bond donors (Lipinski definition) is 0. The quantitative estimate of drug-likeness (QED) is 0.0931. The standard InChI is InChI=1S/C20H17O2P.C12H11P.C8H7IO2.CH4/c1-22-20(21)18-14-8-9-15-19(18)23(16-10-4-2-5-11-16)17-12-6-3-7-13-17;1-3-7-11(8-4-1)13-12-9-5-2-6-10-12;1-11-8(10)6-4-2-3-5-7(6)9;/h2-15H,1H3;1-10,13H;2-5H,1H3;1H4. The van der Waals surface area contributed by atoms with Gasteiger partial charge in [0.2, 0.25) is 0 Å². The molecule has 0 spiro atoms. The Morgan fingerprint density at radius 2 is 0.854 bits per heavy atom. The van der Waals surface area contributed by atoms with E-state index in [0.717, 1.165) is 17.5 Å². The van der Waals surface area contributed by atoms with Crippen LogP contribution in [0.3, 0.4) is 0 Å². The molecule has 0 heterocycles. The number of methoxy groups -OCH3 is 2. The Morgan fingerprint density at radius 1 is 0.500 bits per heavy atom. The first-order chi connectivity index (χ1) is 23.0. The van der Waals surface area contributed by atoms with Crippen LogP contribution in [0.15, 0.2) is 170 Å². The molecule has 0 radical (unpaired) electrons. The lowest BCUT2D eigenvalue weighted by atomic mass is 10.2. The molecule has 0 atom stereocenters. The number of rotatable bonds is 7. The summed E-state index contributed by atoms with van der Waals surface area (Å²) in [4.78, 5) is 23.2. The summed E-state index contributed by atoms with van der Waals surface area (Å²) in [5, 5.41) is 6.24. The maximum atomic E-state index is 12.2. The number of carbonyl (C=O) groups is 2. The van der Waals surface area contributed by atoms with Crippen molar-refractivity contribution in [2.45, 2.75) is 7.43 Å². The molecule has 0 fully saturated rings. The van der Waals surface area contributed by atoms with Crippen LogP contribution in [0, 0.1) is 3.57 Å². The van der Waals surface area contributed by atoms with Gasteiger partial charge in [0, 0.05) is 3.57 Å². The smallest absolute Gasteiger partial charge is 0.338 e. The molecule has 0 N–H and O–H groups in total. The minimum Gasteiger partial charge on any atom is -0.465 e. The predicted octanol–water partition coefficient (Wildman–Crippen LogP) is 8.26. The minimum absolute atomic E-state index is 0. The Hall–Kier alpha value is -4.15. The van der Waals surface area contributed by atoms with E-state index in [2.05, 4.69) is 112 Å². The molecule has 48 heavy (non-hydrogen) atoms. The molecule has 0 saturated carbocycles. The predicted molar refractivity (Wildman–Crippen MR) is 214 cm³/mol. The van der Waals surface area contributed by atoms with Crippen LogP contribution in [-0.4, -0.2) is 26.2 Å². The van der Waals surface area contributed by atoms with Crippen molar-refractivity contribution in [2.75, 3.05) is 14.2 Å². The van der Waals surface area contributed by atoms with E-state index in [1.54, 1.807) is 6.07 Å². The normalized spacial score (nSPS) is 9.83. The lowest BCUT2D eigenvalue weighted by Gasteiger charge is -2.21. The molecule has 0 saturated heterocycles. The van der Waals surface area contributed by atoms with Crippen molar-refractivity contribution in [2.24, 2.45) is 0 Å². The van der Waals surface area contributed by atoms with Crippen molar-refractivity contribution in [3.8, 4) is 0 Å². The summed E-state index contributed by atoms with van der Waals surface area (Å²) in [5.74, 6) is -0.574. The molecule has 6 rings (SSSR count). The van der Waals surface area contributed by atoms with E-state index < -0.39 is 7.92 Å². The van der Waals surface area contributed by atoms with Gasteiger partial charge >= 0.3 is 11.9 Å². The molecule has 4 nitrogen and oxygen atoms in total. The van der Waals surface area contributed by atoms with Gasteiger partial charge in [-0.1, -0.05) is 168 Å². The topological polar surface area (TPSA) is 52.6 Å². The highest BCUT2D eigenvalue weighted by Crippen LogP contribution is 2.34. The van der Waals surface area contributed by atoms with Gasteiger partial charge < -0.3 is 9.47 Å². The average Bonchev–Trinajstić information content (AvgIpc) is 3.14. The van der Waals surface area contributed by atoms with Crippen LogP contribution in [0.2, 0.25) is 0 Å². The maximum absolute atomic E-state index is 12.2. The highest BCUT2D eigenvalue weighted by Gasteiger charge is 2.22. The zero-order chi connectivity index (χ0) is 33.3.